The molecule has 0 atom stereocenters. The molecule has 0 saturated heterocycles. The smallest absolute Gasteiger partial charge is 0.349 e. The number of carbonyl (C=O) groups is 1. The molecule has 122 valence electrons. The molecule has 0 fully saturated rings. The lowest BCUT2D eigenvalue weighted by Crippen LogP contribution is -2.13. The van der Waals surface area contributed by atoms with Crippen LogP contribution in [0, 0.1) is 11.3 Å². The van der Waals surface area contributed by atoms with Crippen LogP contribution in [0.3, 0.4) is 0 Å². The van der Waals surface area contributed by atoms with Gasteiger partial charge in [-0.15, -0.1) is 0 Å². The molecule has 0 bridgehead atoms. The molecular weight excluding hydrogens is 310 g/mol. The molecule has 0 radical (unpaired) electrons. The van der Waals surface area contributed by atoms with Crippen molar-refractivity contribution in [3.05, 3.63) is 59.7 Å². The Kier molecular flexibility index (Phi) is 5.81. The van der Waals surface area contributed by atoms with E-state index >= 15 is 0 Å². The number of esters is 1. The van der Waals surface area contributed by atoms with Gasteiger partial charge in [0.25, 0.3) is 0 Å². The molecule has 2 rings (SSSR count). The normalized spacial score (nSPS) is 10.7. The molecule has 0 heterocycles. The lowest BCUT2D eigenvalue weighted by Gasteiger charge is -2.07. The van der Waals surface area contributed by atoms with E-state index in [1.165, 1.54) is 24.3 Å². The Bertz CT molecular complexity index is 778. The minimum absolute atomic E-state index is 0.00637. The average molecular weight is 325 g/mol. The highest BCUT2D eigenvalue weighted by Crippen LogP contribution is 2.25. The zero-order valence-electron chi connectivity index (χ0n) is 12.7. The molecule has 0 spiro atoms. The van der Waals surface area contributed by atoms with Crippen LogP contribution in [-0.4, -0.2) is 29.4 Å². The van der Waals surface area contributed by atoms with Crippen LogP contribution < -0.4 is 4.74 Å². The Labute approximate surface area is 138 Å². The van der Waals surface area contributed by atoms with Crippen molar-refractivity contribution in [1.82, 2.24) is 0 Å². The van der Waals surface area contributed by atoms with Gasteiger partial charge in [0, 0.05) is 0 Å². The third-order valence-electron chi connectivity index (χ3n) is 2.98. The first-order valence-corrected chi connectivity index (χ1v) is 7.09. The fourth-order valence-corrected chi connectivity index (χ4v) is 1.82. The van der Waals surface area contributed by atoms with Gasteiger partial charge in [0.1, 0.15) is 30.6 Å². The molecule has 6 nitrogen and oxygen atoms in total. The summed E-state index contributed by atoms with van der Waals surface area (Å²) in [6, 6.07) is 14.8. The standard InChI is InChI=1S/C18H15NO5/c19-12-14(10-13-6-7-16(20)17(21)11-13)18(22)24-9-8-23-15-4-2-1-3-5-15/h1-7,10-11,20-21H,8-9H2. The summed E-state index contributed by atoms with van der Waals surface area (Å²) in [4.78, 5) is 11.9. The summed E-state index contributed by atoms with van der Waals surface area (Å²) in [5, 5.41) is 27.7. The van der Waals surface area contributed by atoms with Gasteiger partial charge >= 0.3 is 5.97 Å². The molecule has 6 heteroatoms. The maximum absolute atomic E-state index is 11.9. The van der Waals surface area contributed by atoms with Crippen molar-refractivity contribution < 1.29 is 24.5 Å². The Morgan fingerprint density at radius 2 is 1.83 bits per heavy atom. The van der Waals surface area contributed by atoms with E-state index in [4.69, 9.17) is 14.7 Å². The van der Waals surface area contributed by atoms with Crippen LogP contribution in [0.25, 0.3) is 6.08 Å². The predicted octanol–water partition coefficient (Wildman–Crippen LogP) is 2.63. The minimum atomic E-state index is -0.790. The molecule has 0 unspecified atom stereocenters. The van der Waals surface area contributed by atoms with Crippen molar-refractivity contribution in [1.29, 1.82) is 5.26 Å². The van der Waals surface area contributed by atoms with Crippen LogP contribution in [-0.2, 0) is 9.53 Å². The molecule has 24 heavy (non-hydrogen) atoms. The van der Waals surface area contributed by atoms with Crippen molar-refractivity contribution in [3.63, 3.8) is 0 Å². The summed E-state index contributed by atoms with van der Waals surface area (Å²) in [7, 11) is 0. The summed E-state index contributed by atoms with van der Waals surface area (Å²) in [6.07, 6.45) is 1.26. The summed E-state index contributed by atoms with van der Waals surface area (Å²) in [6.45, 7) is 0.155. The van der Waals surface area contributed by atoms with Gasteiger partial charge in [0.05, 0.1) is 0 Å². The van der Waals surface area contributed by atoms with Crippen molar-refractivity contribution >= 4 is 12.0 Å². The Balaban J connectivity index is 1.90. The first kappa shape index (κ1) is 16.9. The molecule has 0 aromatic heterocycles. The number of para-hydroxylation sites is 1. The number of hydrogen-bond donors (Lipinski definition) is 2. The van der Waals surface area contributed by atoms with Crippen LogP contribution in [0.5, 0.6) is 17.2 Å². The Hall–Kier alpha value is -3.46. The molecule has 2 aromatic carbocycles. The zero-order chi connectivity index (χ0) is 17.4. The molecule has 0 amide bonds. The van der Waals surface area contributed by atoms with E-state index in [1.54, 1.807) is 18.2 Å². The average Bonchev–Trinajstić information content (AvgIpc) is 2.60. The van der Waals surface area contributed by atoms with Crippen LogP contribution in [0.2, 0.25) is 0 Å². The maximum atomic E-state index is 11.9. The fraction of sp³-hybridized carbons (Fsp3) is 0.111. The molecule has 0 aliphatic carbocycles. The van der Waals surface area contributed by atoms with E-state index in [2.05, 4.69) is 0 Å². The van der Waals surface area contributed by atoms with E-state index < -0.39 is 5.97 Å². The van der Waals surface area contributed by atoms with Crippen LogP contribution in [0.1, 0.15) is 5.56 Å². The number of ether oxygens (including phenoxy) is 2. The Morgan fingerprint density at radius 3 is 2.50 bits per heavy atom. The van der Waals surface area contributed by atoms with Gasteiger partial charge in [-0.2, -0.15) is 5.26 Å². The lowest BCUT2D eigenvalue weighted by molar-refractivity contribution is -0.139. The molecular formula is C18H15NO5. The third kappa shape index (κ3) is 4.78. The lowest BCUT2D eigenvalue weighted by atomic mass is 10.1. The quantitative estimate of drug-likeness (QED) is 0.278. The van der Waals surface area contributed by atoms with Gasteiger partial charge in [-0.25, -0.2) is 4.79 Å². The number of phenolic OH excluding ortho intramolecular Hbond substituents is 2. The third-order valence-corrected chi connectivity index (χ3v) is 2.98. The fourth-order valence-electron chi connectivity index (χ4n) is 1.82. The summed E-state index contributed by atoms with van der Waals surface area (Å²) in [5.41, 5.74) is 0.166. The largest absolute Gasteiger partial charge is 0.504 e. The van der Waals surface area contributed by atoms with E-state index in [0.717, 1.165) is 0 Å². The second-order valence-corrected chi connectivity index (χ2v) is 4.72. The van der Waals surface area contributed by atoms with E-state index in [-0.39, 0.29) is 30.3 Å². The highest BCUT2D eigenvalue weighted by atomic mass is 16.6. The summed E-state index contributed by atoms with van der Waals surface area (Å²) in [5.74, 6) is -0.761. The number of rotatable bonds is 6. The predicted molar refractivity (Wildman–Crippen MR) is 86.3 cm³/mol. The van der Waals surface area contributed by atoms with E-state index in [9.17, 15) is 15.0 Å². The molecule has 0 aliphatic rings. The van der Waals surface area contributed by atoms with Crippen molar-refractivity contribution in [3.8, 4) is 23.3 Å². The first-order chi connectivity index (χ1) is 11.6. The number of nitrogens with zero attached hydrogens (tertiary/aromatic N) is 1. The highest BCUT2D eigenvalue weighted by Gasteiger charge is 2.11. The number of carbonyl (C=O) groups excluding carboxylic acids is 1. The number of phenols is 2. The van der Waals surface area contributed by atoms with Crippen LogP contribution >= 0.6 is 0 Å². The number of aromatic hydroxyl groups is 2. The van der Waals surface area contributed by atoms with Crippen molar-refractivity contribution in [2.75, 3.05) is 13.2 Å². The molecule has 2 aromatic rings. The Morgan fingerprint density at radius 1 is 1.08 bits per heavy atom. The highest BCUT2D eigenvalue weighted by molar-refractivity contribution is 5.97. The number of hydrogen-bond acceptors (Lipinski definition) is 6. The SMILES string of the molecule is N#CC(=Cc1ccc(O)c(O)c1)C(=O)OCCOc1ccccc1. The van der Waals surface area contributed by atoms with Gasteiger partial charge in [0.2, 0.25) is 0 Å². The van der Waals surface area contributed by atoms with Crippen molar-refractivity contribution in [2.24, 2.45) is 0 Å². The molecule has 0 aliphatic heterocycles. The topological polar surface area (TPSA) is 99.8 Å². The van der Waals surface area contributed by atoms with Gasteiger partial charge in [-0.1, -0.05) is 24.3 Å². The van der Waals surface area contributed by atoms with Gasteiger partial charge in [-0.3, -0.25) is 0 Å². The molecule has 2 N–H and O–H groups in total. The summed E-state index contributed by atoms with van der Waals surface area (Å²) < 4.78 is 10.4. The van der Waals surface area contributed by atoms with Gasteiger partial charge < -0.3 is 19.7 Å². The van der Waals surface area contributed by atoms with Crippen LogP contribution in [0.4, 0.5) is 0 Å². The first-order valence-electron chi connectivity index (χ1n) is 7.09. The zero-order valence-corrected chi connectivity index (χ0v) is 12.7. The molecule has 0 saturated carbocycles. The monoisotopic (exact) mass is 325 g/mol. The number of nitriles is 1. The van der Waals surface area contributed by atoms with Gasteiger partial charge in [0.15, 0.2) is 11.5 Å². The van der Waals surface area contributed by atoms with Crippen molar-refractivity contribution in [2.45, 2.75) is 0 Å². The van der Waals surface area contributed by atoms with Gasteiger partial charge in [-0.05, 0) is 35.9 Å². The van der Waals surface area contributed by atoms with Crippen LogP contribution in [0.15, 0.2) is 54.1 Å². The van der Waals surface area contributed by atoms with E-state index in [0.29, 0.717) is 11.3 Å². The van der Waals surface area contributed by atoms with E-state index in [1.807, 2.05) is 18.2 Å². The second kappa shape index (κ2) is 8.25. The minimum Gasteiger partial charge on any atom is -0.504 e. The maximum Gasteiger partial charge on any atom is 0.349 e. The summed E-state index contributed by atoms with van der Waals surface area (Å²) >= 11 is 0. The number of benzene rings is 2. The second-order valence-electron chi connectivity index (χ2n) is 4.72.